The fourth-order valence-corrected chi connectivity index (χ4v) is 1.75. The Balaban J connectivity index is 0.000000283. The van der Waals surface area contributed by atoms with Crippen LogP contribution in [0.2, 0.25) is 0 Å². The Morgan fingerprint density at radius 2 is 1.50 bits per heavy atom. The topological polar surface area (TPSA) is 17.1 Å². The third kappa shape index (κ3) is 4.87. The van der Waals surface area contributed by atoms with Crippen LogP contribution in [0.1, 0.15) is 5.56 Å². The van der Waals surface area contributed by atoms with Crippen LogP contribution in [0.25, 0.3) is 17.2 Å². The average Bonchev–Trinajstić information content (AvgIpc) is 3.15. The summed E-state index contributed by atoms with van der Waals surface area (Å²) < 4.78 is 0. The van der Waals surface area contributed by atoms with Crippen molar-refractivity contribution >= 4 is 12.0 Å². The Morgan fingerprint density at radius 1 is 0.900 bits per heavy atom. The van der Waals surface area contributed by atoms with Gasteiger partial charge in [0.2, 0.25) is 0 Å². The summed E-state index contributed by atoms with van der Waals surface area (Å²) in [6.45, 7) is 0. The summed E-state index contributed by atoms with van der Waals surface area (Å²) in [7, 11) is 0. The molecule has 0 aliphatic rings. The van der Waals surface area contributed by atoms with Gasteiger partial charge in [0.25, 0.3) is 0 Å². The van der Waals surface area contributed by atoms with E-state index in [1.54, 1.807) is 5.94 Å². The van der Waals surface area contributed by atoms with Gasteiger partial charge in [-0.05, 0) is 0 Å². The first-order valence-electron chi connectivity index (χ1n) is 6.10. The predicted molar refractivity (Wildman–Crippen MR) is 79.7 cm³/mol. The maximum Gasteiger partial charge on any atom is 0.00570 e. The zero-order valence-corrected chi connectivity index (χ0v) is 11.9. The van der Waals surface area contributed by atoms with Gasteiger partial charge in [-0.1, -0.05) is 42.0 Å². The van der Waals surface area contributed by atoms with Crippen molar-refractivity contribution in [2.24, 2.45) is 0 Å². The van der Waals surface area contributed by atoms with Gasteiger partial charge in [0.15, 0.2) is 0 Å². The van der Waals surface area contributed by atoms with Gasteiger partial charge in [-0.25, -0.2) is 0 Å². The molecule has 2 heteroatoms. The molecule has 0 aromatic heterocycles. The van der Waals surface area contributed by atoms with E-state index in [4.69, 9.17) is 0 Å². The third-order valence-corrected chi connectivity index (χ3v) is 2.67. The smallest absolute Gasteiger partial charge is 0.00570 e. The van der Waals surface area contributed by atoms with E-state index >= 15 is 0 Å². The normalized spacial score (nSPS) is 8.60. The molecule has 0 aliphatic heterocycles. The van der Waals surface area contributed by atoms with Crippen molar-refractivity contribution in [3.8, 4) is 11.1 Å². The fraction of sp³-hybridized carbons (Fsp3) is 0. The van der Waals surface area contributed by atoms with E-state index in [2.05, 4.69) is 0 Å². The number of benzene rings is 1. The number of rotatable bonds is 2. The van der Waals surface area contributed by atoms with E-state index in [1.807, 2.05) is 78.9 Å². The van der Waals surface area contributed by atoms with Crippen LogP contribution in [-0.4, -0.2) is 5.94 Å². The van der Waals surface area contributed by atoms with Crippen LogP contribution < -0.4 is 0 Å². The molecule has 0 aliphatic carbocycles. The summed E-state index contributed by atoms with van der Waals surface area (Å²) in [6, 6.07) is 26.0. The summed E-state index contributed by atoms with van der Waals surface area (Å²) in [5.41, 5.74) is 3.20. The van der Waals surface area contributed by atoms with Gasteiger partial charge >= 0.3 is 0 Å². The minimum atomic E-state index is 0. The molecule has 0 atom stereocenters. The Kier molecular flexibility index (Phi) is 7.10. The zero-order valence-electron chi connectivity index (χ0n) is 10.8. The molecule has 0 saturated heterocycles. The van der Waals surface area contributed by atoms with Crippen molar-refractivity contribution in [1.29, 1.82) is 0 Å². The minimum absolute atomic E-state index is 0. The minimum Gasteiger partial charge on any atom is -0.748 e. The molecular weight excluding hydrogens is 288 g/mol. The van der Waals surface area contributed by atoms with Gasteiger partial charge in [-0.3, -0.25) is 4.79 Å². The quantitative estimate of drug-likeness (QED) is 0.391. The van der Waals surface area contributed by atoms with Gasteiger partial charge < -0.3 is 30.3 Å². The Bertz CT molecular complexity index is 612. The van der Waals surface area contributed by atoms with E-state index in [-0.39, 0.29) is 17.1 Å². The van der Waals surface area contributed by atoms with Crippen LogP contribution >= 0.6 is 0 Å². The Labute approximate surface area is 129 Å². The second kappa shape index (κ2) is 8.90. The summed E-state index contributed by atoms with van der Waals surface area (Å²) in [5.74, 6) is 1.77. The van der Waals surface area contributed by atoms with Crippen molar-refractivity contribution in [1.82, 2.24) is 0 Å². The molecule has 0 fully saturated rings. The second-order valence-corrected chi connectivity index (χ2v) is 4.02. The van der Waals surface area contributed by atoms with Crippen LogP contribution in [0.5, 0.6) is 0 Å². The van der Waals surface area contributed by atoms with Crippen molar-refractivity contribution in [2.75, 3.05) is 0 Å². The number of hydrogen-bond acceptors (Lipinski definition) is 1. The molecule has 3 rings (SSSR count). The van der Waals surface area contributed by atoms with Crippen LogP contribution in [0.4, 0.5) is 0 Å². The largest absolute Gasteiger partial charge is 0.748 e. The van der Waals surface area contributed by atoms with Crippen molar-refractivity contribution in [2.45, 2.75) is 0 Å². The Hall–Kier alpha value is -2.11. The number of carbonyl (C=O) groups excluding carboxylic acids is 1. The summed E-state index contributed by atoms with van der Waals surface area (Å²) in [4.78, 5) is 10.1. The summed E-state index contributed by atoms with van der Waals surface area (Å²) >= 11 is 0. The second-order valence-electron chi connectivity index (χ2n) is 4.02. The van der Waals surface area contributed by atoms with E-state index < -0.39 is 0 Å². The maximum atomic E-state index is 10.1. The van der Waals surface area contributed by atoms with Gasteiger partial charge in [0, 0.05) is 23.0 Å². The molecule has 3 aromatic carbocycles. The molecule has 0 unspecified atom stereocenters. The standard InChI is InChI=1S/C13H9O.C5H5.Fe/c14-9-8-11-6-7-13(10-11)12-4-2-1-3-5-12;1-2-4-5-3-1;/h1-8,10H;1-5H;/q-1;-5;. The molecule has 20 heavy (non-hydrogen) atoms. The van der Waals surface area contributed by atoms with Crippen molar-refractivity contribution in [3.05, 3.63) is 84.4 Å². The van der Waals surface area contributed by atoms with Gasteiger partial charge in [0.05, 0.1) is 0 Å². The monoisotopic (exact) mass is 302 g/mol. The van der Waals surface area contributed by atoms with Crippen molar-refractivity contribution in [3.63, 3.8) is 0 Å². The molecule has 0 bridgehead atoms. The van der Waals surface area contributed by atoms with Crippen LogP contribution in [0.15, 0.2) is 78.9 Å². The summed E-state index contributed by atoms with van der Waals surface area (Å²) in [6.07, 6.45) is 1.44. The zero-order chi connectivity index (χ0) is 13.3. The maximum absolute atomic E-state index is 10.1. The molecule has 0 radical (unpaired) electrons. The molecule has 0 N–H and O–H groups in total. The molecule has 0 spiro atoms. The molecule has 0 amide bonds. The van der Waals surface area contributed by atoms with E-state index in [1.165, 1.54) is 6.08 Å². The van der Waals surface area contributed by atoms with Gasteiger partial charge in [-0.2, -0.15) is 6.07 Å². The molecule has 0 saturated carbocycles. The molecule has 3 aromatic rings. The van der Waals surface area contributed by atoms with E-state index in [0.29, 0.717) is 0 Å². The molecule has 106 valence electrons. The first-order valence-corrected chi connectivity index (χ1v) is 6.10. The molecular formula is C18H14FeO-6. The van der Waals surface area contributed by atoms with E-state index in [0.717, 1.165) is 16.7 Å². The summed E-state index contributed by atoms with van der Waals surface area (Å²) in [5, 5.41) is 0. The fourth-order valence-electron chi connectivity index (χ4n) is 1.75. The molecule has 1 nitrogen and oxygen atoms in total. The van der Waals surface area contributed by atoms with Gasteiger partial charge in [0.1, 0.15) is 0 Å². The van der Waals surface area contributed by atoms with Crippen LogP contribution in [0.3, 0.4) is 0 Å². The first-order chi connectivity index (χ1) is 9.40. The number of hydrogen-bond donors (Lipinski definition) is 0. The van der Waals surface area contributed by atoms with Crippen LogP contribution in [0, 0.1) is 0 Å². The SMILES string of the molecule is O=C=C[c-]1ccc(-c2ccccc2)c1.[Fe].[cH-]1[cH-][cH-][cH-][cH-]1. The van der Waals surface area contributed by atoms with Crippen molar-refractivity contribution < 1.29 is 21.9 Å². The predicted octanol–water partition coefficient (Wildman–Crippen LogP) is 4.32. The van der Waals surface area contributed by atoms with Crippen LogP contribution in [-0.2, 0) is 21.9 Å². The molecule has 0 heterocycles. The van der Waals surface area contributed by atoms with E-state index in [9.17, 15) is 4.79 Å². The first kappa shape index (κ1) is 15.9. The Morgan fingerprint density at radius 3 is 2.05 bits per heavy atom. The van der Waals surface area contributed by atoms with Gasteiger partial charge in [-0.15, -0.1) is 23.3 Å². The average molecular weight is 302 g/mol. The third-order valence-electron chi connectivity index (χ3n) is 2.67.